The Morgan fingerprint density at radius 1 is 0.789 bits per heavy atom. The van der Waals surface area contributed by atoms with E-state index >= 15 is 0 Å². The van der Waals surface area contributed by atoms with Gasteiger partial charge in [0.2, 0.25) is 0 Å². The van der Waals surface area contributed by atoms with E-state index in [2.05, 4.69) is 12.2 Å². The number of nitrogens with zero attached hydrogens (tertiary/aromatic N) is 1. The van der Waals surface area contributed by atoms with Crippen molar-refractivity contribution in [1.29, 1.82) is 0 Å². The van der Waals surface area contributed by atoms with Gasteiger partial charge >= 0.3 is 0 Å². The Labute approximate surface area is 231 Å². The fraction of sp³-hybridized carbons (Fsp3) is 0.697. The molecule has 1 aromatic carbocycles. The maximum atomic E-state index is 12.9. The second-order valence-electron chi connectivity index (χ2n) is 11.2. The Kier molecular flexibility index (Phi) is 16.0. The fourth-order valence-electron chi connectivity index (χ4n) is 5.37. The molecule has 0 aliphatic rings. The van der Waals surface area contributed by atoms with Crippen LogP contribution in [0.25, 0.3) is 10.9 Å². The number of carbonyl (C=O) groups excluding carboxylic acids is 2. The van der Waals surface area contributed by atoms with E-state index in [0.29, 0.717) is 12.1 Å². The van der Waals surface area contributed by atoms with Crippen LogP contribution in [0.5, 0.6) is 0 Å². The number of aromatic nitrogens is 1. The summed E-state index contributed by atoms with van der Waals surface area (Å²) >= 11 is 0. The predicted octanol–water partition coefficient (Wildman–Crippen LogP) is 8.27. The van der Waals surface area contributed by atoms with Crippen LogP contribution in [0.4, 0.5) is 0 Å². The molecule has 0 aliphatic heterocycles. The van der Waals surface area contributed by atoms with E-state index in [-0.39, 0.29) is 11.7 Å². The molecule has 5 nitrogen and oxygen atoms in total. The number of para-hydroxylation sites is 1. The monoisotopic (exact) mass is 526 g/mol. The van der Waals surface area contributed by atoms with Gasteiger partial charge in [-0.3, -0.25) is 9.59 Å². The zero-order chi connectivity index (χ0) is 27.6. The van der Waals surface area contributed by atoms with Crippen molar-refractivity contribution in [3.05, 3.63) is 36.0 Å². The highest BCUT2D eigenvalue weighted by Gasteiger charge is 2.26. The van der Waals surface area contributed by atoms with Crippen LogP contribution in [0.3, 0.4) is 0 Å². The predicted molar refractivity (Wildman–Crippen MR) is 160 cm³/mol. The maximum Gasteiger partial charge on any atom is 0.268 e. The molecule has 0 unspecified atom stereocenters. The van der Waals surface area contributed by atoms with Crippen molar-refractivity contribution in [2.45, 2.75) is 142 Å². The molecular formula is C33H54N2O3. The van der Waals surface area contributed by atoms with Gasteiger partial charge in [-0.25, -0.2) is 0 Å². The van der Waals surface area contributed by atoms with Gasteiger partial charge in [0.05, 0.1) is 6.10 Å². The lowest BCUT2D eigenvalue weighted by molar-refractivity contribution is -0.123. The van der Waals surface area contributed by atoms with Crippen molar-refractivity contribution < 1.29 is 14.7 Å². The number of fused-ring (bicyclic) bond motifs is 1. The van der Waals surface area contributed by atoms with Crippen LogP contribution in [-0.4, -0.2) is 33.5 Å². The minimum Gasteiger partial charge on any atom is -0.391 e. The molecule has 1 aromatic heterocycles. The first-order valence-corrected chi connectivity index (χ1v) is 15.5. The van der Waals surface area contributed by atoms with E-state index in [0.717, 1.165) is 30.2 Å². The summed E-state index contributed by atoms with van der Waals surface area (Å²) < 4.78 is 1.82. The number of hydrogen-bond donors (Lipinski definition) is 2. The molecule has 38 heavy (non-hydrogen) atoms. The minimum absolute atomic E-state index is 0.0897. The van der Waals surface area contributed by atoms with Crippen molar-refractivity contribution >= 4 is 22.6 Å². The lowest BCUT2D eigenvalue weighted by Crippen LogP contribution is -2.48. The van der Waals surface area contributed by atoms with Crippen LogP contribution in [0.1, 0.15) is 140 Å². The number of aliphatic hydroxyl groups is 1. The summed E-state index contributed by atoms with van der Waals surface area (Å²) in [4.78, 5) is 25.7. The first kappa shape index (κ1) is 32.1. The lowest BCUT2D eigenvalue weighted by atomic mass is 10.00. The zero-order valence-corrected chi connectivity index (χ0v) is 24.5. The summed E-state index contributed by atoms with van der Waals surface area (Å²) in [7, 11) is 1.84. The second-order valence-corrected chi connectivity index (χ2v) is 11.2. The molecule has 0 saturated heterocycles. The molecule has 2 rings (SSSR count). The number of aliphatic hydroxyl groups excluding tert-OH is 1. The molecule has 0 saturated carbocycles. The molecule has 0 spiro atoms. The number of nitrogens with one attached hydrogen (secondary N) is 1. The minimum atomic E-state index is -0.924. The number of carbonyl (C=O) groups is 2. The van der Waals surface area contributed by atoms with Crippen molar-refractivity contribution in [3.63, 3.8) is 0 Å². The molecule has 0 radical (unpaired) electrons. The number of benzene rings is 1. The summed E-state index contributed by atoms with van der Waals surface area (Å²) in [5, 5.41) is 13.9. The van der Waals surface area contributed by atoms with Crippen LogP contribution in [0.15, 0.2) is 30.3 Å². The van der Waals surface area contributed by atoms with E-state index in [1.54, 1.807) is 6.92 Å². The molecule has 0 fully saturated rings. The van der Waals surface area contributed by atoms with E-state index in [1.165, 1.54) is 89.9 Å². The Balaban J connectivity index is 1.52. The molecule has 2 N–H and O–H groups in total. The Bertz CT molecular complexity index is 933. The third kappa shape index (κ3) is 11.7. The maximum absolute atomic E-state index is 12.9. The summed E-state index contributed by atoms with van der Waals surface area (Å²) in [5.74, 6) is -0.418. The van der Waals surface area contributed by atoms with Gasteiger partial charge in [-0.15, -0.1) is 0 Å². The van der Waals surface area contributed by atoms with Crippen LogP contribution in [-0.2, 0) is 11.8 Å². The molecule has 1 heterocycles. The second kappa shape index (κ2) is 19.0. The van der Waals surface area contributed by atoms with Crippen LogP contribution < -0.4 is 5.32 Å². The quantitative estimate of drug-likeness (QED) is 0.152. The highest BCUT2D eigenvalue weighted by Crippen LogP contribution is 2.19. The number of unbranched alkanes of at least 4 members (excludes halogenated alkanes) is 16. The molecular weight excluding hydrogens is 472 g/mol. The topological polar surface area (TPSA) is 71.3 Å². The molecule has 214 valence electrons. The number of Topliss-reactive ketones (excluding diaryl/α,β-unsaturated/α-hetero) is 1. The van der Waals surface area contributed by atoms with E-state index in [4.69, 9.17) is 0 Å². The molecule has 2 atom stereocenters. The van der Waals surface area contributed by atoms with Crippen LogP contribution >= 0.6 is 0 Å². The zero-order valence-electron chi connectivity index (χ0n) is 24.5. The van der Waals surface area contributed by atoms with Gasteiger partial charge in [-0.1, -0.05) is 128 Å². The Hall–Kier alpha value is -2.14. The van der Waals surface area contributed by atoms with Crippen molar-refractivity contribution in [2.75, 3.05) is 0 Å². The van der Waals surface area contributed by atoms with Crippen molar-refractivity contribution in [2.24, 2.45) is 7.05 Å². The molecule has 0 bridgehead atoms. The fourth-order valence-corrected chi connectivity index (χ4v) is 5.37. The average molecular weight is 527 g/mol. The molecule has 2 aromatic rings. The van der Waals surface area contributed by atoms with Crippen LogP contribution in [0, 0.1) is 0 Å². The average Bonchev–Trinajstić information content (AvgIpc) is 3.25. The van der Waals surface area contributed by atoms with Gasteiger partial charge in [0.25, 0.3) is 5.91 Å². The molecule has 0 aliphatic carbocycles. The number of ketones is 1. The van der Waals surface area contributed by atoms with Gasteiger partial charge < -0.3 is 15.0 Å². The van der Waals surface area contributed by atoms with Crippen molar-refractivity contribution in [1.82, 2.24) is 9.88 Å². The summed E-state index contributed by atoms with van der Waals surface area (Å²) in [6, 6.07) is 8.74. The van der Waals surface area contributed by atoms with Gasteiger partial charge in [0, 0.05) is 24.4 Å². The molecule has 5 heteroatoms. The SMILES string of the molecule is CCCCCCCCCCCCCCCCCCCC(=O)[C@@H](NC(=O)c1cc2ccccc2n1C)[C@@H](C)O. The number of aryl methyl sites for hydroxylation is 1. The molecule has 1 amide bonds. The standard InChI is InChI=1S/C33H54N2O3/c1-4-5-6-7-8-9-10-11-12-13-14-15-16-17-18-19-20-25-31(37)32(27(2)36)34-33(38)30-26-28-23-21-22-24-29(28)35(30)3/h21-24,26-27,32,36H,4-20,25H2,1-3H3,(H,34,38)/t27-,32+/m1/s1. The smallest absolute Gasteiger partial charge is 0.268 e. The van der Waals surface area contributed by atoms with E-state index in [9.17, 15) is 14.7 Å². The van der Waals surface area contributed by atoms with Crippen LogP contribution in [0.2, 0.25) is 0 Å². The first-order chi connectivity index (χ1) is 18.5. The van der Waals surface area contributed by atoms with Gasteiger partial charge in [0.1, 0.15) is 11.7 Å². The van der Waals surface area contributed by atoms with Gasteiger partial charge in [-0.2, -0.15) is 0 Å². The third-order valence-electron chi connectivity index (χ3n) is 7.83. The lowest BCUT2D eigenvalue weighted by Gasteiger charge is -2.20. The van der Waals surface area contributed by atoms with Crippen molar-refractivity contribution in [3.8, 4) is 0 Å². The third-order valence-corrected chi connectivity index (χ3v) is 7.83. The Morgan fingerprint density at radius 2 is 1.26 bits per heavy atom. The highest BCUT2D eigenvalue weighted by molar-refractivity contribution is 6.01. The summed E-state index contributed by atoms with van der Waals surface area (Å²) in [5.41, 5.74) is 1.45. The van der Waals surface area contributed by atoms with E-state index < -0.39 is 12.1 Å². The number of hydrogen-bond acceptors (Lipinski definition) is 3. The summed E-state index contributed by atoms with van der Waals surface area (Å²) in [6.45, 7) is 3.84. The highest BCUT2D eigenvalue weighted by atomic mass is 16.3. The Morgan fingerprint density at radius 3 is 1.74 bits per heavy atom. The number of rotatable bonds is 22. The summed E-state index contributed by atoms with van der Waals surface area (Å²) in [6.07, 6.45) is 21.6. The van der Waals surface area contributed by atoms with Gasteiger partial charge in [0.15, 0.2) is 5.78 Å². The number of amides is 1. The first-order valence-electron chi connectivity index (χ1n) is 15.5. The van der Waals surface area contributed by atoms with E-state index in [1.807, 2.05) is 41.9 Å². The normalized spacial score (nSPS) is 13.1. The largest absolute Gasteiger partial charge is 0.391 e. The van der Waals surface area contributed by atoms with Gasteiger partial charge in [-0.05, 0) is 25.5 Å².